The summed E-state index contributed by atoms with van der Waals surface area (Å²) >= 11 is 1.24. The van der Waals surface area contributed by atoms with Crippen LogP contribution in [0.15, 0.2) is 17.5 Å². The van der Waals surface area contributed by atoms with Gasteiger partial charge in [-0.05, 0) is 30.2 Å². The van der Waals surface area contributed by atoms with Gasteiger partial charge in [-0.2, -0.15) is 0 Å². The molecule has 2 aliphatic rings. The van der Waals surface area contributed by atoms with Crippen molar-refractivity contribution in [1.29, 1.82) is 0 Å². The van der Waals surface area contributed by atoms with Gasteiger partial charge in [-0.3, -0.25) is 30.1 Å². The molecule has 2 heterocycles. The van der Waals surface area contributed by atoms with Gasteiger partial charge in [0.1, 0.15) is 12.1 Å². The van der Waals surface area contributed by atoms with Crippen molar-refractivity contribution >= 4 is 35.1 Å². The molecule has 2 atom stereocenters. The third-order valence-electron chi connectivity index (χ3n) is 4.86. The highest BCUT2D eigenvalue weighted by atomic mass is 32.1. The molecule has 1 aromatic heterocycles. The van der Waals surface area contributed by atoms with Gasteiger partial charge in [0.15, 0.2) is 0 Å². The first kappa shape index (κ1) is 17.4. The molecule has 1 aliphatic carbocycles. The van der Waals surface area contributed by atoms with E-state index in [1.165, 1.54) is 11.3 Å². The van der Waals surface area contributed by atoms with Crippen molar-refractivity contribution in [2.24, 2.45) is 5.92 Å². The quantitative estimate of drug-likeness (QED) is 0.549. The number of nitrogens with one attached hydrogen (secondary N) is 3. The standard InChI is InChI=1S/C16H20N4O4S/c1-10-5-2-3-7-16(10)14(23)20(15(24)17-16)9-12(21)18-19-13(22)11-6-4-8-25-11/h4,6,8,10H,2-3,5,7,9H2,1H3,(H,17,24)(H,18,21)(H,19,22)/t10-,16+/m1/s1. The van der Waals surface area contributed by atoms with Crippen molar-refractivity contribution < 1.29 is 19.2 Å². The minimum atomic E-state index is -0.893. The molecule has 1 aliphatic heterocycles. The number of nitrogens with zero attached hydrogens (tertiary/aromatic N) is 1. The van der Waals surface area contributed by atoms with Crippen LogP contribution >= 0.6 is 11.3 Å². The summed E-state index contributed by atoms with van der Waals surface area (Å²) in [5, 5.41) is 4.53. The molecule has 0 bridgehead atoms. The average Bonchev–Trinajstić information content (AvgIpc) is 3.20. The number of hydrogen-bond donors (Lipinski definition) is 3. The second-order valence-electron chi connectivity index (χ2n) is 6.42. The Hall–Kier alpha value is -2.42. The van der Waals surface area contributed by atoms with Crippen LogP contribution in [0.5, 0.6) is 0 Å². The van der Waals surface area contributed by atoms with Gasteiger partial charge in [-0.15, -0.1) is 11.3 Å². The Bertz CT molecular complexity index is 705. The van der Waals surface area contributed by atoms with Crippen molar-refractivity contribution in [3.63, 3.8) is 0 Å². The van der Waals surface area contributed by atoms with E-state index in [9.17, 15) is 19.2 Å². The summed E-state index contributed by atoms with van der Waals surface area (Å²) in [5.41, 5.74) is 3.61. The summed E-state index contributed by atoms with van der Waals surface area (Å²) in [4.78, 5) is 50.1. The highest BCUT2D eigenvalue weighted by molar-refractivity contribution is 7.12. The summed E-state index contributed by atoms with van der Waals surface area (Å²) < 4.78 is 0. The average molecular weight is 364 g/mol. The lowest BCUT2D eigenvalue weighted by atomic mass is 9.73. The number of urea groups is 1. The molecular weight excluding hydrogens is 344 g/mol. The number of carbonyl (C=O) groups excluding carboxylic acids is 4. The normalized spacial score (nSPS) is 25.8. The van der Waals surface area contributed by atoms with E-state index in [2.05, 4.69) is 16.2 Å². The van der Waals surface area contributed by atoms with E-state index >= 15 is 0 Å². The van der Waals surface area contributed by atoms with Crippen LogP contribution in [-0.4, -0.2) is 40.7 Å². The van der Waals surface area contributed by atoms with E-state index in [1.54, 1.807) is 17.5 Å². The molecule has 25 heavy (non-hydrogen) atoms. The van der Waals surface area contributed by atoms with Crippen LogP contribution in [0.4, 0.5) is 4.79 Å². The molecule has 2 fully saturated rings. The van der Waals surface area contributed by atoms with Crippen molar-refractivity contribution in [3.8, 4) is 0 Å². The van der Waals surface area contributed by atoms with E-state index in [0.29, 0.717) is 11.3 Å². The van der Waals surface area contributed by atoms with E-state index in [4.69, 9.17) is 0 Å². The highest BCUT2D eigenvalue weighted by Crippen LogP contribution is 2.38. The summed E-state index contributed by atoms with van der Waals surface area (Å²) in [6.07, 6.45) is 3.35. The molecule has 1 aromatic rings. The Kier molecular flexibility index (Phi) is 4.76. The fourth-order valence-corrected chi connectivity index (χ4v) is 4.04. The van der Waals surface area contributed by atoms with Crippen LogP contribution in [0.2, 0.25) is 0 Å². The number of carbonyl (C=O) groups is 4. The van der Waals surface area contributed by atoms with Crippen molar-refractivity contribution in [2.75, 3.05) is 6.54 Å². The SMILES string of the molecule is C[C@@H]1CCCC[C@]12NC(=O)N(CC(=O)NNC(=O)c1cccs1)C2=O. The fourth-order valence-electron chi connectivity index (χ4n) is 3.42. The van der Waals surface area contributed by atoms with Gasteiger partial charge in [-0.25, -0.2) is 4.79 Å². The van der Waals surface area contributed by atoms with E-state index in [1.807, 2.05) is 6.92 Å². The van der Waals surface area contributed by atoms with Crippen LogP contribution in [-0.2, 0) is 9.59 Å². The number of rotatable bonds is 3. The largest absolute Gasteiger partial charge is 0.325 e. The van der Waals surface area contributed by atoms with Gasteiger partial charge in [0.05, 0.1) is 4.88 Å². The first-order valence-electron chi connectivity index (χ1n) is 8.21. The maximum Gasteiger partial charge on any atom is 0.325 e. The van der Waals surface area contributed by atoms with Gasteiger partial charge >= 0.3 is 6.03 Å². The lowest BCUT2D eigenvalue weighted by Crippen LogP contribution is -2.54. The van der Waals surface area contributed by atoms with Crippen LogP contribution < -0.4 is 16.2 Å². The molecule has 0 unspecified atom stereocenters. The predicted octanol–water partition coefficient (Wildman–Crippen LogP) is 1.01. The van der Waals surface area contributed by atoms with E-state index < -0.39 is 29.9 Å². The van der Waals surface area contributed by atoms with Crippen LogP contribution in [0, 0.1) is 5.92 Å². The molecule has 8 nitrogen and oxygen atoms in total. The topological polar surface area (TPSA) is 108 Å². The number of hydrogen-bond acceptors (Lipinski definition) is 5. The van der Waals surface area contributed by atoms with Gasteiger partial charge in [0.25, 0.3) is 17.7 Å². The minimum Gasteiger partial charge on any atom is -0.323 e. The third kappa shape index (κ3) is 3.23. The molecule has 134 valence electrons. The zero-order valence-corrected chi connectivity index (χ0v) is 14.6. The third-order valence-corrected chi connectivity index (χ3v) is 5.73. The summed E-state index contributed by atoms with van der Waals surface area (Å²) in [5.74, 6) is -1.40. The fraction of sp³-hybridized carbons (Fsp3) is 0.500. The smallest absolute Gasteiger partial charge is 0.323 e. The zero-order valence-electron chi connectivity index (χ0n) is 13.8. The molecule has 1 saturated heterocycles. The first-order chi connectivity index (χ1) is 11.9. The number of hydrazine groups is 1. The molecular formula is C16H20N4O4S. The molecule has 3 rings (SSSR count). The van der Waals surface area contributed by atoms with Crippen LogP contribution in [0.25, 0.3) is 0 Å². The van der Waals surface area contributed by atoms with E-state index in [-0.39, 0.29) is 11.8 Å². The second kappa shape index (κ2) is 6.83. The maximum atomic E-state index is 12.7. The number of amides is 5. The number of imide groups is 1. The van der Waals surface area contributed by atoms with Gasteiger partial charge < -0.3 is 5.32 Å². The number of thiophene rings is 1. The lowest BCUT2D eigenvalue weighted by Gasteiger charge is -2.36. The molecule has 1 spiro atoms. The Morgan fingerprint density at radius 1 is 1.36 bits per heavy atom. The molecule has 1 saturated carbocycles. The Balaban J connectivity index is 1.58. The summed E-state index contributed by atoms with van der Waals surface area (Å²) in [6.45, 7) is 1.52. The first-order valence-corrected chi connectivity index (χ1v) is 9.09. The molecule has 0 radical (unpaired) electrons. The molecule has 5 amide bonds. The maximum absolute atomic E-state index is 12.7. The lowest BCUT2D eigenvalue weighted by molar-refractivity contribution is -0.137. The van der Waals surface area contributed by atoms with Crippen molar-refractivity contribution in [3.05, 3.63) is 22.4 Å². The van der Waals surface area contributed by atoms with Crippen LogP contribution in [0.1, 0.15) is 42.3 Å². The zero-order chi connectivity index (χ0) is 18.0. The monoisotopic (exact) mass is 364 g/mol. The van der Waals surface area contributed by atoms with Crippen molar-refractivity contribution in [1.82, 2.24) is 21.1 Å². The van der Waals surface area contributed by atoms with Gasteiger partial charge in [-0.1, -0.05) is 25.8 Å². The summed E-state index contributed by atoms with van der Waals surface area (Å²) in [6, 6.07) is 2.79. The van der Waals surface area contributed by atoms with Gasteiger partial charge in [0.2, 0.25) is 0 Å². The molecule has 3 N–H and O–H groups in total. The Morgan fingerprint density at radius 3 is 2.84 bits per heavy atom. The Morgan fingerprint density at radius 2 is 2.16 bits per heavy atom. The van der Waals surface area contributed by atoms with Crippen LogP contribution in [0.3, 0.4) is 0 Å². The van der Waals surface area contributed by atoms with Crippen molar-refractivity contribution in [2.45, 2.75) is 38.1 Å². The molecule has 9 heteroatoms. The molecule has 0 aromatic carbocycles. The van der Waals surface area contributed by atoms with E-state index in [0.717, 1.165) is 24.2 Å². The van der Waals surface area contributed by atoms with Gasteiger partial charge in [0, 0.05) is 0 Å². The summed E-state index contributed by atoms with van der Waals surface area (Å²) in [7, 11) is 0. The Labute approximate surface area is 148 Å². The predicted molar refractivity (Wildman–Crippen MR) is 90.5 cm³/mol. The minimum absolute atomic E-state index is 0.0318. The second-order valence-corrected chi connectivity index (χ2v) is 7.37. The highest BCUT2D eigenvalue weighted by Gasteiger charge is 2.55.